The number of urea groups is 1. The molecule has 0 atom stereocenters. The average Bonchev–Trinajstić information content (AvgIpc) is 3.08. The summed E-state index contributed by atoms with van der Waals surface area (Å²) in [6.45, 7) is 8.25. The van der Waals surface area contributed by atoms with Gasteiger partial charge in [0.05, 0.1) is 22.8 Å². The number of carbonyl (C=O) groups excluding carboxylic acids is 1. The molecule has 0 saturated heterocycles. The molecule has 7 nitrogen and oxygen atoms in total. The van der Waals surface area contributed by atoms with Gasteiger partial charge in [-0.25, -0.2) is 9.78 Å². The van der Waals surface area contributed by atoms with Crippen molar-refractivity contribution in [2.45, 2.75) is 56.7 Å². The second-order valence-electron chi connectivity index (χ2n) is 7.67. The van der Waals surface area contributed by atoms with Crippen LogP contribution in [0.15, 0.2) is 10.4 Å². The number of thiazole rings is 1. The number of hydrogen-bond donors (Lipinski definition) is 2. The molecule has 28 heavy (non-hydrogen) atoms. The third kappa shape index (κ3) is 7.97. The molecule has 1 aromatic rings. The van der Waals surface area contributed by atoms with Gasteiger partial charge in [0.2, 0.25) is 0 Å². The maximum Gasteiger partial charge on any atom is 0.323 e. The van der Waals surface area contributed by atoms with E-state index in [1.54, 1.807) is 6.20 Å². The van der Waals surface area contributed by atoms with Crippen LogP contribution in [0, 0.1) is 11.8 Å². The lowest BCUT2D eigenvalue weighted by Gasteiger charge is -2.36. The minimum Gasteiger partial charge on any atom is -0.481 e. The van der Waals surface area contributed by atoms with Crippen LogP contribution in [-0.4, -0.2) is 58.5 Å². The largest absolute Gasteiger partial charge is 0.481 e. The number of ether oxygens (including phenoxy) is 1. The molecule has 2 rings (SSSR count). The Morgan fingerprint density at radius 2 is 2.11 bits per heavy atom. The summed E-state index contributed by atoms with van der Waals surface area (Å²) in [5, 5.41) is 12.2. The van der Waals surface area contributed by atoms with Crippen LogP contribution in [0.5, 0.6) is 0 Å². The molecule has 9 heteroatoms. The van der Waals surface area contributed by atoms with Crippen molar-refractivity contribution in [1.29, 1.82) is 0 Å². The molecule has 0 aliphatic heterocycles. The highest BCUT2D eigenvalue weighted by atomic mass is 32.2. The number of anilines is 1. The van der Waals surface area contributed by atoms with Crippen LogP contribution in [0.3, 0.4) is 0 Å². The Labute approximate surface area is 175 Å². The van der Waals surface area contributed by atoms with Crippen LogP contribution in [-0.2, 0) is 9.53 Å². The third-order valence-corrected chi connectivity index (χ3v) is 6.74. The van der Waals surface area contributed by atoms with Gasteiger partial charge >= 0.3 is 12.0 Å². The Bertz CT molecular complexity index is 630. The fraction of sp³-hybridized carbons (Fsp3) is 0.737. The number of aromatic nitrogens is 1. The second kappa shape index (κ2) is 11.6. The highest BCUT2D eigenvalue weighted by Crippen LogP contribution is 2.30. The number of thioether (sulfide) groups is 1. The molecular weight excluding hydrogens is 398 g/mol. The van der Waals surface area contributed by atoms with E-state index >= 15 is 0 Å². The molecule has 1 aromatic heterocycles. The summed E-state index contributed by atoms with van der Waals surface area (Å²) < 4.78 is 6.48. The normalized spacial score (nSPS) is 19.6. The van der Waals surface area contributed by atoms with E-state index < -0.39 is 5.97 Å². The lowest BCUT2D eigenvalue weighted by Crippen LogP contribution is -2.46. The Balaban J connectivity index is 1.94. The van der Waals surface area contributed by atoms with Crippen LogP contribution >= 0.6 is 23.1 Å². The first kappa shape index (κ1) is 23.0. The topological polar surface area (TPSA) is 91.8 Å². The zero-order valence-corrected chi connectivity index (χ0v) is 18.5. The second-order valence-corrected chi connectivity index (χ2v) is 9.98. The summed E-state index contributed by atoms with van der Waals surface area (Å²) in [4.78, 5) is 29.7. The molecule has 2 N–H and O–H groups in total. The fourth-order valence-corrected chi connectivity index (χ4v) is 4.75. The predicted molar refractivity (Wildman–Crippen MR) is 113 cm³/mol. The Hall–Kier alpha value is -1.32. The highest BCUT2D eigenvalue weighted by Gasteiger charge is 2.28. The lowest BCUT2D eigenvalue weighted by atomic mass is 9.86. The summed E-state index contributed by atoms with van der Waals surface area (Å²) >= 11 is 2.50. The highest BCUT2D eigenvalue weighted by molar-refractivity contribution is 8.01. The lowest BCUT2D eigenvalue weighted by molar-refractivity contribution is -0.133. The zero-order valence-electron chi connectivity index (χ0n) is 16.8. The minimum absolute atomic E-state index is 0.0187. The van der Waals surface area contributed by atoms with Gasteiger partial charge < -0.3 is 14.7 Å². The summed E-state index contributed by atoms with van der Waals surface area (Å²) in [5.74, 6) is 0.291. The summed E-state index contributed by atoms with van der Waals surface area (Å²) in [5.41, 5.74) is 0. The number of nitrogens with one attached hydrogen (secondary N) is 1. The first-order valence-corrected chi connectivity index (χ1v) is 11.6. The maximum absolute atomic E-state index is 12.9. The third-order valence-electron chi connectivity index (χ3n) is 4.65. The van der Waals surface area contributed by atoms with Gasteiger partial charge in [-0.15, -0.1) is 11.8 Å². The first-order chi connectivity index (χ1) is 13.3. The molecule has 2 amide bonds. The van der Waals surface area contributed by atoms with Gasteiger partial charge in [0.15, 0.2) is 5.13 Å². The SMILES string of the molecule is CC(C)COCCN(C(=O)Nc1ncc(SCC(=O)O)s1)C1CCC(C)CC1. The van der Waals surface area contributed by atoms with Gasteiger partial charge in [0.1, 0.15) is 0 Å². The van der Waals surface area contributed by atoms with Gasteiger partial charge in [-0.2, -0.15) is 0 Å². The molecule has 0 unspecified atom stereocenters. The molecule has 1 saturated carbocycles. The van der Waals surface area contributed by atoms with Crippen molar-refractivity contribution < 1.29 is 19.4 Å². The molecule has 0 aromatic carbocycles. The number of carbonyl (C=O) groups is 2. The molecule has 1 heterocycles. The molecule has 158 valence electrons. The van der Waals surface area contributed by atoms with E-state index in [-0.39, 0.29) is 17.8 Å². The molecular formula is C19H31N3O4S2. The molecule has 1 aliphatic rings. The van der Waals surface area contributed by atoms with Crippen LogP contribution < -0.4 is 5.32 Å². The number of carboxylic acids is 1. The van der Waals surface area contributed by atoms with Crippen molar-refractivity contribution in [1.82, 2.24) is 9.88 Å². The molecule has 0 spiro atoms. The van der Waals surface area contributed by atoms with Gasteiger partial charge in [-0.3, -0.25) is 10.1 Å². The van der Waals surface area contributed by atoms with E-state index in [9.17, 15) is 9.59 Å². The monoisotopic (exact) mass is 429 g/mol. The number of carboxylic acid groups (broad SMARTS) is 1. The van der Waals surface area contributed by atoms with Gasteiger partial charge in [-0.1, -0.05) is 32.1 Å². The number of hydrogen-bond acceptors (Lipinski definition) is 6. The van der Waals surface area contributed by atoms with E-state index in [1.807, 2.05) is 4.90 Å². The number of aliphatic carboxylic acids is 1. The molecule has 0 bridgehead atoms. The van der Waals surface area contributed by atoms with E-state index in [0.717, 1.165) is 29.9 Å². The Morgan fingerprint density at radius 3 is 2.75 bits per heavy atom. The van der Waals surface area contributed by atoms with E-state index in [0.29, 0.717) is 36.7 Å². The minimum atomic E-state index is -0.872. The predicted octanol–water partition coefficient (Wildman–Crippen LogP) is 4.41. The van der Waals surface area contributed by atoms with Crippen LogP contribution in [0.25, 0.3) is 0 Å². The maximum atomic E-state index is 12.9. The molecule has 0 radical (unpaired) electrons. The molecule has 1 aliphatic carbocycles. The summed E-state index contributed by atoms with van der Waals surface area (Å²) in [7, 11) is 0. The fourth-order valence-electron chi connectivity index (χ4n) is 3.17. The van der Waals surface area contributed by atoms with Crippen molar-refractivity contribution in [3.8, 4) is 0 Å². The first-order valence-electron chi connectivity index (χ1n) is 9.81. The number of amides is 2. The average molecular weight is 430 g/mol. The number of nitrogens with zero attached hydrogens (tertiary/aromatic N) is 2. The summed E-state index contributed by atoms with van der Waals surface area (Å²) in [6.07, 6.45) is 5.89. The standard InChI is InChI=1S/C19H31N3O4S2/c1-13(2)11-26-9-8-22(15-6-4-14(3)5-7-15)19(25)21-18-20-10-17(28-18)27-12-16(23)24/h10,13-15H,4-9,11-12H2,1-3H3,(H,23,24)(H,20,21,25). The Kier molecular flexibility index (Phi) is 9.53. The van der Waals surface area contributed by atoms with E-state index in [1.165, 1.54) is 23.1 Å². The van der Waals surface area contributed by atoms with E-state index in [4.69, 9.17) is 9.84 Å². The molecule has 1 fully saturated rings. The van der Waals surface area contributed by atoms with Crippen molar-refractivity contribution in [2.24, 2.45) is 11.8 Å². The smallest absolute Gasteiger partial charge is 0.323 e. The summed E-state index contributed by atoms with van der Waals surface area (Å²) in [6, 6.07) is 0.0662. The van der Waals surface area contributed by atoms with Crippen molar-refractivity contribution in [2.75, 3.05) is 30.8 Å². The van der Waals surface area contributed by atoms with Crippen LogP contribution in [0.4, 0.5) is 9.93 Å². The quantitative estimate of drug-likeness (QED) is 0.423. The van der Waals surface area contributed by atoms with Crippen molar-refractivity contribution in [3.05, 3.63) is 6.20 Å². The van der Waals surface area contributed by atoms with Crippen molar-refractivity contribution >= 4 is 40.2 Å². The van der Waals surface area contributed by atoms with Crippen LogP contribution in [0.2, 0.25) is 0 Å². The van der Waals surface area contributed by atoms with Crippen LogP contribution in [0.1, 0.15) is 46.5 Å². The van der Waals surface area contributed by atoms with Gasteiger partial charge in [-0.05, 0) is 37.5 Å². The van der Waals surface area contributed by atoms with Crippen molar-refractivity contribution in [3.63, 3.8) is 0 Å². The van der Waals surface area contributed by atoms with Gasteiger partial charge in [0, 0.05) is 19.2 Å². The van der Waals surface area contributed by atoms with Gasteiger partial charge in [0.25, 0.3) is 0 Å². The zero-order chi connectivity index (χ0) is 20.5. The van der Waals surface area contributed by atoms with E-state index in [2.05, 4.69) is 31.1 Å². The number of rotatable bonds is 10. The Morgan fingerprint density at radius 1 is 1.39 bits per heavy atom.